The molecular formula is C30H34N6O2. The lowest BCUT2D eigenvalue weighted by molar-refractivity contribution is -0.0522. The lowest BCUT2D eigenvalue weighted by Crippen LogP contribution is -2.52. The highest BCUT2D eigenvalue weighted by molar-refractivity contribution is 6.06. The molecule has 1 atom stereocenters. The van der Waals surface area contributed by atoms with Crippen molar-refractivity contribution in [1.29, 1.82) is 0 Å². The normalized spacial score (nSPS) is 19.5. The number of hydrogen-bond acceptors (Lipinski definition) is 6. The number of aryl methyl sites for hydroxylation is 1. The van der Waals surface area contributed by atoms with Crippen molar-refractivity contribution >= 4 is 34.1 Å². The fraction of sp³-hybridized carbons (Fsp3) is 0.367. The van der Waals surface area contributed by atoms with Crippen molar-refractivity contribution in [3.8, 4) is 11.1 Å². The summed E-state index contributed by atoms with van der Waals surface area (Å²) in [4.78, 5) is 24.5. The van der Waals surface area contributed by atoms with Crippen molar-refractivity contribution in [2.24, 2.45) is 12.5 Å². The summed E-state index contributed by atoms with van der Waals surface area (Å²) in [5.41, 5.74) is 5.48. The van der Waals surface area contributed by atoms with E-state index in [4.69, 9.17) is 4.98 Å². The van der Waals surface area contributed by atoms with Crippen LogP contribution in [0.15, 0.2) is 55.0 Å². The number of carbonyl (C=O) groups is 1. The van der Waals surface area contributed by atoms with Crippen LogP contribution in [0.25, 0.3) is 22.2 Å². The Kier molecular flexibility index (Phi) is 5.68. The van der Waals surface area contributed by atoms with E-state index in [1.807, 2.05) is 56.1 Å². The number of aliphatic hydroxyl groups is 1. The van der Waals surface area contributed by atoms with E-state index >= 15 is 0 Å². The monoisotopic (exact) mass is 510 g/mol. The van der Waals surface area contributed by atoms with Crippen LogP contribution in [0.2, 0.25) is 0 Å². The average Bonchev–Trinajstić information content (AvgIpc) is 3.47. The summed E-state index contributed by atoms with van der Waals surface area (Å²) in [6.45, 7) is 8.24. The number of aromatic nitrogens is 3. The van der Waals surface area contributed by atoms with Crippen molar-refractivity contribution < 1.29 is 9.90 Å². The SMILES string of the molecule is Cn1ccc2c(-c3cnc(Nc4ccc(N5CCC[C@@](C)(C(C)(C)O)C5)cc4)c4c3CNC4=O)ccnc21. The van der Waals surface area contributed by atoms with Crippen LogP contribution in [0.3, 0.4) is 0 Å². The number of pyridine rings is 2. The first-order valence-electron chi connectivity index (χ1n) is 13.2. The number of carbonyl (C=O) groups excluding carboxylic acids is 1. The average molecular weight is 511 g/mol. The smallest absolute Gasteiger partial charge is 0.255 e. The topological polar surface area (TPSA) is 95.3 Å². The second kappa shape index (κ2) is 8.84. The number of anilines is 3. The van der Waals surface area contributed by atoms with Gasteiger partial charge >= 0.3 is 0 Å². The van der Waals surface area contributed by atoms with E-state index in [1.165, 1.54) is 0 Å². The Hall–Kier alpha value is -3.91. The first kappa shape index (κ1) is 24.4. The van der Waals surface area contributed by atoms with Gasteiger partial charge in [-0.3, -0.25) is 4.79 Å². The van der Waals surface area contributed by atoms with E-state index in [0.29, 0.717) is 17.9 Å². The van der Waals surface area contributed by atoms with Gasteiger partial charge in [0, 0.05) is 73.0 Å². The second-order valence-electron chi connectivity index (χ2n) is 11.4. The third-order valence-corrected chi connectivity index (χ3v) is 8.57. The molecule has 6 rings (SSSR count). The van der Waals surface area contributed by atoms with E-state index < -0.39 is 5.60 Å². The number of piperidine rings is 1. The Morgan fingerprint density at radius 3 is 2.66 bits per heavy atom. The van der Waals surface area contributed by atoms with Crippen LogP contribution in [0.4, 0.5) is 17.2 Å². The number of amides is 1. The summed E-state index contributed by atoms with van der Waals surface area (Å²) in [5, 5.41) is 18.1. The minimum Gasteiger partial charge on any atom is -0.390 e. The molecule has 1 aromatic carbocycles. The number of rotatable bonds is 5. The van der Waals surface area contributed by atoms with Crippen LogP contribution in [0.5, 0.6) is 0 Å². The van der Waals surface area contributed by atoms with Gasteiger partial charge in [0.1, 0.15) is 11.5 Å². The molecule has 3 N–H and O–H groups in total. The van der Waals surface area contributed by atoms with Crippen molar-refractivity contribution in [2.75, 3.05) is 23.3 Å². The Labute approximate surface area is 222 Å². The van der Waals surface area contributed by atoms with Crippen molar-refractivity contribution in [3.63, 3.8) is 0 Å². The zero-order valence-corrected chi connectivity index (χ0v) is 22.4. The van der Waals surface area contributed by atoms with E-state index in [2.05, 4.69) is 45.6 Å². The molecule has 2 aliphatic rings. The minimum atomic E-state index is -0.742. The first-order valence-corrected chi connectivity index (χ1v) is 13.2. The molecule has 3 aromatic heterocycles. The van der Waals surface area contributed by atoms with Gasteiger partial charge in [-0.05, 0) is 74.2 Å². The minimum absolute atomic E-state index is 0.119. The third kappa shape index (κ3) is 4.00. The highest BCUT2D eigenvalue weighted by atomic mass is 16.3. The molecule has 0 spiro atoms. The quantitative estimate of drug-likeness (QED) is 0.350. The van der Waals surface area contributed by atoms with Crippen LogP contribution in [0.1, 0.15) is 49.5 Å². The molecule has 5 heterocycles. The van der Waals surface area contributed by atoms with Crippen LogP contribution in [-0.4, -0.2) is 44.2 Å². The van der Waals surface area contributed by atoms with Gasteiger partial charge in [-0.2, -0.15) is 0 Å². The highest BCUT2D eigenvalue weighted by Gasteiger charge is 2.42. The van der Waals surface area contributed by atoms with Crippen molar-refractivity contribution in [3.05, 3.63) is 66.1 Å². The molecule has 1 amide bonds. The van der Waals surface area contributed by atoms with E-state index in [0.717, 1.165) is 65.0 Å². The van der Waals surface area contributed by atoms with Crippen LogP contribution in [-0.2, 0) is 13.6 Å². The zero-order chi connectivity index (χ0) is 26.7. The summed E-state index contributed by atoms with van der Waals surface area (Å²) in [6, 6.07) is 12.3. The summed E-state index contributed by atoms with van der Waals surface area (Å²) in [7, 11) is 1.97. The predicted molar refractivity (Wildman–Crippen MR) is 151 cm³/mol. The van der Waals surface area contributed by atoms with Gasteiger partial charge in [0.2, 0.25) is 0 Å². The lowest BCUT2D eigenvalue weighted by Gasteiger charge is -2.48. The van der Waals surface area contributed by atoms with E-state index in [9.17, 15) is 9.90 Å². The molecule has 0 aliphatic carbocycles. The second-order valence-corrected chi connectivity index (χ2v) is 11.4. The van der Waals surface area contributed by atoms with Gasteiger partial charge < -0.3 is 25.2 Å². The molecule has 0 bridgehead atoms. The Morgan fingerprint density at radius 2 is 1.89 bits per heavy atom. The largest absolute Gasteiger partial charge is 0.390 e. The maximum absolute atomic E-state index is 12.9. The maximum Gasteiger partial charge on any atom is 0.255 e. The molecule has 0 radical (unpaired) electrons. The summed E-state index contributed by atoms with van der Waals surface area (Å²) in [6.07, 6.45) is 7.70. The van der Waals surface area contributed by atoms with Gasteiger partial charge in [-0.25, -0.2) is 9.97 Å². The zero-order valence-electron chi connectivity index (χ0n) is 22.4. The van der Waals surface area contributed by atoms with Crippen LogP contribution >= 0.6 is 0 Å². The number of nitrogens with one attached hydrogen (secondary N) is 2. The van der Waals surface area contributed by atoms with E-state index in [-0.39, 0.29) is 11.3 Å². The fourth-order valence-electron chi connectivity index (χ4n) is 5.81. The Balaban J connectivity index is 1.28. The molecule has 38 heavy (non-hydrogen) atoms. The third-order valence-electron chi connectivity index (χ3n) is 8.57. The summed E-state index contributed by atoms with van der Waals surface area (Å²) >= 11 is 0. The van der Waals surface area contributed by atoms with Gasteiger partial charge in [0.05, 0.1) is 11.2 Å². The molecule has 0 unspecified atom stereocenters. The van der Waals surface area contributed by atoms with Gasteiger partial charge in [-0.15, -0.1) is 0 Å². The first-order chi connectivity index (χ1) is 18.1. The molecule has 2 aliphatic heterocycles. The number of hydrogen-bond donors (Lipinski definition) is 3. The number of fused-ring (bicyclic) bond motifs is 2. The predicted octanol–water partition coefficient (Wildman–Crippen LogP) is 5.00. The van der Waals surface area contributed by atoms with Gasteiger partial charge in [0.25, 0.3) is 5.91 Å². The molecule has 8 nitrogen and oxygen atoms in total. The molecule has 196 valence electrons. The number of nitrogens with zero attached hydrogens (tertiary/aromatic N) is 4. The van der Waals surface area contributed by atoms with Gasteiger partial charge in [-0.1, -0.05) is 6.92 Å². The molecule has 0 saturated carbocycles. The molecule has 1 fully saturated rings. The molecule has 4 aromatic rings. The van der Waals surface area contributed by atoms with E-state index in [1.54, 1.807) is 6.20 Å². The Morgan fingerprint density at radius 1 is 1.11 bits per heavy atom. The van der Waals surface area contributed by atoms with Crippen molar-refractivity contribution in [1.82, 2.24) is 19.9 Å². The van der Waals surface area contributed by atoms with Crippen LogP contribution in [0, 0.1) is 5.41 Å². The van der Waals surface area contributed by atoms with Gasteiger partial charge in [0.15, 0.2) is 0 Å². The molecule has 1 saturated heterocycles. The Bertz CT molecular complexity index is 1540. The number of benzene rings is 1. The lowest BCUT2D eigenvalue weighted by atomic mass is 9.70. The van der Waals surface area contributed by atoms with Crippen molar-refractivity contribution in [2.45, 2.75) is 45.8 Å². The summed E-state index contributed by atoms with van der Waals surface area (Å²) in [5.74, 6) is 0.434. The highest BCUT2D eigenvalue weighted by Crippen LogP contribution is 2.41. The fourth-order valence-corrected chi connectivity index (χ4v) is 5.81. The van der Waals surface area contributed by atoms with Crippen LogP contribution < -0.4 is 15.5 Å². The molecular weight excluding hydrogens is 476 g/mol. The standard InChI is InChI=1S/C30H34N6O2/c1-29(2,38)30(3)12-5-14-36(18-30)20-8-6-19(7-9-20)34-26-25-24(17-33-28(25)37)23(16-32-26)21-10-13-31-27-22(21)11-15-35(27)4/h6-11,13,15-16,38H,5,12,14,17-18H2,1-4H3,(H,32,34)(H,33,37)/t30-/m1/s1. The molecule has 8 heteroatoms. The maximum atomic E-state index is 12.9. The summed E-state index contributed by atoms with van der Waals surface area (Å²) < 4.78 is 1.99.